The lowest BCUT2D eigenvalue weighted by molar-refractivity contribution is -0.0915. The van der Waals surface area contributed by atoms with Crippen molar-refractivity contribution in [1.82, 2.24) is 14.5 Å². The zero-order valence-electron chi connectivity index (χ0n) is 19.8. The fraction of sp³-hybridized carbons (Fsp3) is 0.333. The van der Waals surface area contributed by atoms with Crippen LogP contribution in [0.1, 0.15) is 42.1 Å². The zero-order chi connectivity index (χ0) is 23.7. The first-order valence-corrected chi connectivity index (χ1v) is 11.6. The highest BCUT2D eigenvalue weighted by molar-refractivity contribution is 6.01. The van der Waals surface area contributed by atoms with E-state index in [-0.39, 0.29) is 5.82 Å². The van der Waals surface area contributed by atoms with Crippen molar-refractivity contribution < 1.29 is 14.0 Å². The molecule has 34 heavy (non-hydrogen) atoms. The average Bonchev–Trinajstić information content (AvgIpc) is 3.53. The maximum atomic E-state index is 13.6. The monoisotopic (exact) mass is 460 g/mol. The lowest BCUT2D eigenvalue weighted by atomic mass is 10.0. The standard InChI is InChI=1S/C27H29FN4O2/c1-19-17-31(18-29-19)24-11-12-25-20(15-24)5-6-21(25)16-26-30-34-27(2,32(26)13-4-14-33-3)22-7-9-23(28)10-8-22/h7-12,15-18H,4-6,13-14H2,1-3H3. The summed E-state index contributed by atoms with van der Waals surface area (Å²) in [7, 11) is 1.70. The van der Waals surface area contributed by atoms with Gasteiger partial charge in [-0.3, -0.25) is 0 Å². The number of rotatable bonds is 7. The molecule has 1 aliphatic heterocycles. The van der Waals surface area contributed by atoms with Crippen LogP contribution in [0, 0.1) is 12.7 Å². The van der Waals surface area contributed by atoms with E-state index in [1.165, 1.54) is 28.8 Å². The number of benzene rings is 2. The number of imidazole rings is 1. The SMILES string of the molecule is COCCCN1C(C=C2CCc3cc(-n4cnc(C)c4)ccc32)=NOC1(C)c1ccc(F)cc1. The van der Waals surface area contributed by atoms with Crippen molar-refractivity contribution in [2.45, 2.75) is 38.8 Å². The summed E-state index contributed by atoms with van der Waals surface area (Å²) in [4.78, 5) is 12.5. The van der Waals surface area contributed by atoms with Gasteiger partial charge in [-0.2, -0.15) is 0 Å². The van der Waals surface area contributed by atoms with Gasteiger partial charge < -0.3 is 19.0 Å². The highest BCUT2D eigenvalue weighted by Gasteiger charge is 2.42. The summed E-state index contributed by atoms with van der Waals surface area (Å²) in [6, 6.07) is 13.0. The first-order valence-electron chi connectivity index (χ1n) is 11.6. The molecule has 0 fully saturated rings. The molecule has 0 spiro atoms. The largest absolute Gasteiger partial charge is 0.385 e. The normalized spacial score (nSPS) is 20.5. The van der Waals surface area contributed by atoms with Crippen LogP contribution in [0.15, 0.2) is 66.2 Å². The number of allylic oxidation sites excluding steroid dienone is 1. The molecule has 2 aromatic carbocycles. The van der Waals surface area contributed by atoms with Crippen LogP contribution in [0.25, 0.3) is 11.3 Å². The fourth-order valence-corrected chi connectivity index (χ4v) is 4.75. The summed E-state index contributed by atoms with van der Waals surface area (Å²) >= 11 is 0. The van der Waals surface area contributed by atoms with Crippen molar-refractivity contribution in [2.75, 3.05) is 20.3 Å². The van der Waals surface area contributed by atoms with Gasteiger partial charge >= 0.3 is 0 Å². The molecule has 1 aliphatic carbocycles. The molecule has 2 aliphatic rings. The quantitative estimate of drug-likeness (QED) is 0.455. The second-order valence-electron chi connectivity index (χ2n) is 8.96. The Balaban J connectivity index is 1.44. The van der Waals surface area contributed by atoms with Crippen molar-refractivity contribution in [3.8, 4) is 5.69 Å². The molecule has 7 heteroatoms. The van der Waals surface area contributed by atoms with E-state index in [4.69, 9.17) is 9.57 Å². The second-order valence-corrected chi connectivity index (χ2v) is 8.96. The van der Waals surface area contributed by atoms with Crippen LogP contribution < -0.4 is 0 Å². The zero-order valence-corrected chi connectivity index (χ0v) is 19.8. The van der Waals surface area contributed by atoms with E-state index < -0.39 is 5.72 Å². The Morgan fingerprint density at radius 3 is 2.74 bits per heavy atom. The first-order chi connectivity index (χ1) is 16.5. The third-order valence-electron chi connectivity index (χ3n) is 6.63. The van der Waals surface area contributed by atoms with Gasteiger partial charge in [-0.15, -0.1) is 0 Å². The van der Waals surface area contributed by atoms with Gasteiger partial charge in [0.15, 0.2) is 5.84 Å². The highest BCUT2D eigenvalue weighted by atomic mass is 19.1. The summed E-state index contributed by atoms with van der Waals surface area (Å²) in [6.07, 6.45) is 8.76. The Morgan fingerprint density at radius 2 is 2.00 bits per heavy atom. The smallest absolute Gasteiger partial charge is 0.234 e. The number of aromatic nitrogens is 2. The van der Waals surface area contributed by atoms with Gasteiger partial charge in [-0.25, -0.2) is 9.37 Å². The number of hydrogen-bond donors (Lipinski definition) is 0. The molecular weight excluding hydrogens is 431 g/mol. The molecule has 1 unspecified atom stereocenters. The topological polar surface area (TPSA) is 51.9 Å². The second kappa shape index (κ2) is 9.06. The molecule has 0 radical (unpaired) electrons. The van der Waals surface area contributed by atoms with Crippen LogP contribution in [-0.4, -0.2) is 40.5 Å². The van der Waals surface area contributed by atoms with E-state index in [0.717, 1.165) is 42.0 Å². The van der Waals surface area contributed by atoms with Crippen LogP contribution in [0.3, 0.4) is 0 Å². The molecule has 1 atom stereocenters. The van der Waals surface area contributed by atoms with Crippen molar-refractivity contribution in [3.63, 3.8) is 0 Å². The minimum atomic E-state index is -0.807. The molecular formula is C27H29FN4O2. The summed E-state index contributed by atoms with van der Waals surface area (Å²) < 4.78 is 20.9. The fourth-order valence-electron chi connectivity index (χ4n) is 4.75. The highest BCUT2D eigenvalue weighted by Crippen LogP contribution is 2.38. The number of oxime groups is 1. The molecule has 1 aromatic heterocycles. The van der Waals surface area contributed by atoms with E-state index in [2.05, 4.69) is 43.9 Å². The van der Waals surface area contributed by atoms with Gasteiger partial charge in [0.2, 0.25) is 5.72 Å². The predicted octanol–water partition coefficient (Wildman–Crippen LogP) is 5.20. The van der Waals surface area contributed by atoms with Crippen LogP contribution in [-0.2, 0) is 21.7 Å². The van der Waals surface area contributed by atoms with E-state index >= 15 is 0 Å². The Morgan fingerprint density at radius 1 is 1.18 bits per heavy atom. The van der Waals surface area contributed by atoms with Crippen molar-refractivity contribution in [1.29, 1.82) is 0 Å². The third-order valence-corrected chi connectivity index (χ3v) is 6.63. The summed E-state index contributed by atoms with van der Waals surface area (Å²) in [5.41, 5.74) is 5.97. The lowest BCUT2D eigenvalue weighted by Gasteiger charge is -2.34. The average molecular weight is 461 g/mol. The number of halogens is 1. The molecule has 5 rings (SSSR count). The number of amidine groups is 1. The van der Waals surface area contributed by atoms with Crippen molar-refractivity contribution in [3.05, 3.63) is 89.3 Å². The van der Waals surface area contributed by atoms with Crippen LogP contribution in [0.4, 0.5) is 4.39 Å². The van der Waals surface area contributed by atoms with E-state index in [9.17, 15) is 4.39 Å². The third kappa shape index (κ3) is 4.12. The van der Waals surface area contributed by atoms with Gasteiger partial charge in [0.25, 0.3) is 0 Å². The summed E-state index contributed by atoms with van der Waals surface area (Å²) in [6.45, 7) is 5.31. The van der Waals surface area contributed by atoms with Gasteiger partial charge in [0, 0.05) is 44.6 Å². The Labute approximate surface area is 199 Å². The summed E-state index contributed by atoms with van der Waals surface area (Å²) in [5.74, 6) is 0.507. The van der Waals surface area contributed by atoms with E-state index in [1.807, 2.05) is 26.4 Å². The van der Waals surface area contributed by atoms with Crippen molar-refractivity contribution in [2.24, 2.45) is 5.16 Å². The molecule has 6 nitrogen and oxygen atoms in total. The molecule has 2 heterocycles. The van der Waals surface area contributed by atoms with Crippen molar-refractivity contribution >= 4 is 11.4 Å². The number of ether oxygens (including phenoxy) is 1. The minimum absolute atomic E-state index is 0.271. The maximum absolute atomic E-state index is 13.6. The maximum Gasteiger partial charge on any atom is 0.234 e. The Kier molecular flexibility index (Phi) is 5.96. The van der Waals surface area contributed by atoms with E-state index in [0.29, 0.717) is 13.2 Å². The number of fused-ring (bicyclic) bond motifs is 1. The van der Waals surface area contributed by atoms with Gasteiger partial charge in [0.1, 0.15) is 5.82 Å². The molecule has 0 amide bonds. The van der Waals surface area contributed by atoms with Crippen LogP contribution in [0.2, 0.25) is 0 Å². The molecule has 0 N–H and O–H groups in total. The van der Waals surface area contributed by atoms with Gasteiger partial charge in [-0.05, 0) is 73.2 Å². The Bertz CT molecular complexity index is 1250. The van der Waals surface area contributed by atoms with Crippen LogP contribution >= 0.6 is 0 Å². The molecule has 0 saturated carbocycles. The molecule has 176 valence electrons. The van der Waals surface area contributed by atoms with Crippen LogP contribution in [0.5, 0.6) is 0 Å². The number of hydrogen-bond acceptors (Lipinski definition) is 5. The number of nitrogens with zero attached hydrogens (tertiary/aromatic N) is 4. The number of aryl methyl sites for hydroxylation is 2. The molecule has 0 bridgehead atoms. The summed E-state index contributed by atoms with van der Waals surface area (Å²) in [5, 5.41) is 4.47. The van der Waals surface area contributed by atoms with Gasteiger partial charge in [0.05, 0.1) is 12.0 Å². The predicted molar refractivity (Wildman–Crippen MR) is 130 cm³/mol. The minimum Gasteiger partial charge on any atom is -0.385 e. The molecule has 0 saturated heterocycles. The van der Waals surface area contributed by atoms with E-state index in [1.54, 1.807) is 19.2 Å². The van der Waals surface area contributed by atoms with Gasteiger partial charge in [-0.1, -0.05) is 23.4 Å². The first kappa shape index (κ1) is 22.3. The lowest BCUT2D eigenvalue weighted by Crippen LogP contribution is -2.44. The molecule has 3 aromatic rings. The number of methoxy groups -OCH3 is 1. The Hall–Kier alpha value is -3.45.